The minimum atomic E-state index is -0.489. The molecule has 1 aromatic carbocycles. The van der Waals surface area contributed by atoms with Crippen molar-refractivity contribution in [3.05, 3.63) is 52.1 Å². The van der Waals surface area contributed by atoms with Gasteiger partial charge in [-0.1, -0.05) is 18.2 Å². The molecular weight excluding hydrogens is 320 g/mol. The summed E-state index contributed by atoms with van der Waals surface area (Å²) >= 11 is 0. The van der Waals surface area contributed by atoms with Crippen molar-refractivity contribution in [1.29, 1.82) is 0 Å². The zero-order chi connectivity index (χ0) is 18.0. The van der Waals surface area contributed by atoms with Crippen LogP contribution in [0.2, 0.25) is 0 Å². The molecule has 0 spiro atoms. The zero-order valence-electron chi connectivity index (χ0n) is 14.2. The lowest BCUT2D eigenvalue weighted by atomic mass is 9.96. The Labute approximate surface area is 145 Å². The van der Waals surface area contributed by atoms with Crippen molar-refractivity contribution in [2.45, 2.75) is 32.6 Å². The Balaban J connectivity index is 1.65. The molecule has 2 amide bonds. The highest BCUT2D eigenvalue weighted by molar-refractivity contribution is 5.94. The molecule has 25 heavy (non-hydrogen) atoms. The molecule has 1 aromatic heterocycles. The minimum absolute atomic E-state index is 0.00240. The molecule has 3 rings (SSSR count). The van der Waals surface area contributed by atoms with E-state index in [1.54, 1.807) is 24.8 Å². The third kappa shape index (κ3) is 3.76. The van der Waals surface area contributed by atoms with Crippen LogP contribution in [-0.2, 0) is 9.59 Å². The number of aromatic nitrogens is 2. The maximum Gasteiger partial charge on any atom is 0.347 e. The van der Waals surface area contributed by atoms with Crippen LogP contribution in [0.15, 0.2) is 35.1 Å². The number of H-pyrrole nitrogens is 1. The van der Waals surface area contributed by atoms with E-state index in [2.05, 4.69) is 15.3 Å². The van der Waals surface area contributed by atoms with Crippen molar-refractivity contribution in [3.63, 3.8) is 0 Å². The zero-order valence-corrected chi connectivity index (χ0v) is 14.2. The van der Waals surface area contributed by atoms with Crippen LogP contribution in [0.3, 0.4) is 0 Å². The number of carbonyl (C=O) groups excluding carboxylic acids is 2. The van der Waals surface area contributed by atoms with Gasteiger partial charge in [-0.05, 0) is 25.0 Å². The number of aromatic amines is 1. The molecule has 1 aliphatic heterocycles. The SMILES string of the molecule is CC(=O)N1C[C@@H](CCC(=O)Nc2cc(C)[nH]c(=O)n2)c2ccccc21. The van der Waals surface area contributed by atoms with Crippen LogP contribution >= 0.6 is 0 Å². The third-order valence-corrected chi connectivity index (χ3v) is 4.32. The minimum Gasteiger partial charge on any atom is -0.312 e. The average Bonchev–Trinajstić information content (AvgIpc) is 2.91. The summed E-state index contributed by atoms with van der Waals surface area (Å²) in [7, 11) is 0. The van der Waals surface area contributed by atoms with Gasteiger partial charge >= 0.3 is 5.69 Å². The van der Waals surface area contributed by atoms with Gasteiger partial charge in [0, 0.05) is 43.3 Å². The van der Waals surface area contributed by atoms with Crippen LogP contribution in [-0.4, -0.2) is 28.3 Å². The molecular formula is C18H20N4O3. The van der Waals surface area contributed by atoms with Gasteiger partial charge in [-0.3, -0.25) is 9.59 Å². The Bertz CT molecular complexity index is 875. The topological polar surface area (TPSA) is 95.2 Å². The molecule has 0 saturated heterocycles. The first-order valence-electron chi connectivity index (χ1n) is 8.19. The number of amides is 2. The predicted octanol–water partition coefficient (Wildman–Crippen LogP) is 1.95. The summed E-state index contributed by atoms with van der Waals surface area (Å²) in [6, 6.07) is 9.40. The summed E-state index contributed by atoms with van der Waals surface area (Å²) in [5, 5.41) is 2.65. The number of benzene rings is 1. The monoisotopic (exact) mass is 340 g/mol. The summed E-state index contributed by atoms with van der Waals surface area (Å²) in [5.74, 6) is 0.182. The van der Waals surface area contributed by atoms with Gasteiger partial charge in [0.15, 0.2) is 0 Å². The fourth-order valence-corrected chi connectivity index (χ4v) is 3.19. The van der Waals surface area contributed by atoms with Gasteiger partial charge in [0.25, 0.3) is 0 Å². The number of rotatable bonds is 4. The molecule has 2 N–H and O–H groups in total. The number of fused-ring (bicyclic) bond motifs is 1. The van der Waals surface area contributed by atoms with Gasteiger partial charge in [0.05, 0.1) is 0 Å². The summed E-state index contributed by atoms with van der Waals surface area (Å²) in [5.41, 5.74) is 2.16. The van der Waals surface area contributed by atoms with Gasteiger partial charge in [-0.15, -0.1) is 0 Å². The Kier molecular flexibility index (Phi) is 4.65. The maximum atomic E-state index is 12.2. The summed E-state index contributed by atoms with van der Waals surface area (Å²) in [6.45, 7) is 3.86. The van der Waals surface area contributed by atoms with E-state index in [-0.39, 0.29) is 30.0 Å². The molecule has 0 fully saturated rings. The number of carbonyl (C=O) groups is 2. The van der Waals surface area contributed by atoms with Crippen molar-refractivity contribution in [2.75, 3.05) is 16.8 Å². The maximum absolute atomic E-state index is 12.2. The molecule has 0 unspecified atom stereocenters. The first kappa shape index (κ1) is 16.9. The van der Waals surface area contributed by atoms with E-state index in [1.807, 2.05) is 24.3 Å². The van der Waals surface area contributed by atoms with Gasteiger partial charge in [-0.2, -0.15) is 4.98 Å². The van der Waals surface area contributed by atoms with Crippen molar-refractivity contribution >= 4 is 23.3 Å². The van der Waals surface area contributed by atoms with Crippen LogP contribution in [0.25, 0.3) is 0 Å². The highest BCUT2D eigenvalue weighted by atomic mass is 16.2. The summed E-state index contributed by atoms with van der Waals surface area (Å²) in [4.78, 5) is 43.3. The van der Waals surface area contributed by atoms with Gasteiger partial charge in [-0.25, -0.2) is 4.79 Å². The summed E-state index contributed by atoms with van der Waals surface area (Å²) in [6.07, 6.45) is 0.910. The second kappa shape index (κ2) is 6.88. The molecule has 7 nitrogen and oxygen atoms in total. The first-order valence-corrected chi connectivity index (χ1v) is 8.19. The van der Waals surface area contributed by atoms with E-state index in [0.29, 0.717) is 18.7 Å². The van der Waals surface area contributed by atoms with Gasteiger partial charge in [0.1, 0.15) is 5.82 Å². The van der Waals surface area contributed by atoms with Gasteiger partial charge in [0.2, 0.25) is 11.8 Å². The lowest BCUT2D eigenvalue weighted by Crippen LogP contribution is -2.27. The Morgan fingerprint density at radius 1 is 1.36 bits per heavy atom. The second-order valence-electron chi connectivity index (χ2n) is 6.23. The summed E-state index contributed by atoms with van der Waals surface area (Å²) < 4.78 is 0. The standard InChI is InChI=1S/C18H20N4O3/c1-11-9-16(21-18(25)19-11)20-17(24)8-7-13-10-22(12(2)23)15-6-4-3-5-14(13)15/h3-6,9,13H,7-8,10H2,1-2H3,(H2,19,20,21,24,25)/t13-/m1/s1. The quantitative estimate of drug-likeness (QED) is 0.889. The predicted molar refractivity (Wildman–Crippen MR) is 94.7 cm³/mol. The molecule has 1 aliphatic rings. The fraction of sp³-hybridized carbons (Fsp3) is 0.333. The van der Waals surface area contributed by atoms with Crippen molar-refractivity contribution in [3.8, 4) is 0 Å². The van der Waals surface area contributed by atoms with E-state index < -0.39 is 5.69 Å². The number of hydrogen-bond acceptors (Lipinski definition) is 4. The Morgan fingerprint density at radius 3 is 2.84 bits per heavy atom. The lowest BCUT2D eigenvalue weighted by Gasteiger charge is -2.15. The highest BCUT2D eigenvalue weighted by Crippen LogP contribution is 2.38. The van der Waals surface area contributed by atoms with Crippen molar-refractivity contribution in [1.82, 2.24) is 9.97 Å². The molecule has 7 heteroatoms. The highest BCUT2D eigenvalue weighted by Gasteiger charge is 2.30. The van der Waals surface area contributed by atoms with Crippen LogP contribution in [0.1, 0.15) is 36.9 Å². The lowest BCUT2D eigenvalue weighted by molar-refractivity contribution is -0.116. The molecule has 0 bridgehead atoms. The number of nitrogens with one attached hydrogen (secondary N) is 2. The molecule has 2 aromatic rings. The van der Waals surface area contributed by atoms with Crippen LogP contribution in [0, 0.1) is 6.92 Å². The molecule has 0 saturated carbocycles. The second-order valence-corrected chi connectivity index (χ2v) is 6.23. The molecule has 2 heterocycles. The van der Waals surface area contributed by atoms with Crippen molar-refractivity contribution in [2.24, 2.45) is 0 Å². The van der Waals surface area contributed by atoms with Crippen LogP contribution in [0.5, 0.6) is 0 Å². The number of aryl methyl sites for hydroxylation is 1. The van der Waals surface area contributed by atoms with E-state index in [4.69, 9.17) is 0 Å². The van der Waals surface area contributed by atoms with E-state index >= 15 is 0 Å². The number of hydrogen-bond donors (Lipinski definition) is 2. The molecule has 130 valence electrons. The smallest absolute Gasteiger partial charge is 0.312 e. The number of para-hydroxylation sites is 1. The normalized spacial score (nSPS) is 15.8. The Morgan fingerprint density at radius 2 is 2.12 bits per heavy atom. The van der Waals surface area contributed by atoms with E-state index in [9.17, 15) is 14.4 Å². The largest absolute Gasteiger partial charge is 0.347 e. The van der Waals surface area contributed by atoms with Crippen LogP contribution in [0.4, 0.5) is 11.5 Å². The molecule has 0 radical (unpaired) electrons. The van der Waals surface area contributed by atoms with Crippen LogP contribution < -0.4 is 15.9 Å². The fourth-order valence-electron chi connectivity index (χ4n) is 3.19. The average molecular weight is 340 g/mol. The van der Waals surface area contributed by atoms with E-state index in [1.165, 1.54) is 0 Å². The third-order valence-electron chi connectivity index (χ3n) is 4.32. The number of anilines is 2. The van der Waals surface area contributed by atoms with Gasteiger partial charge < -0.3 is 15.2 Å². The molecule has 1 atom stereocenters. The first-order chi connectivity index (χ1) is 11.9. The molecule has 0 aliphatic carbocycles. The van der Waals surface area contributed by atoms with Crippen molar-refractivity contribution < 1.29 is 9.59 Å². The number of nitrogens with zero attached hydrogens (tertiary/aromatic N) is 2. The Hall–Kier alpha value is -2.96. The van der Waals surface area contributed by atoms with E-state index in [0.717, 1.165) is 11.3 Å².